The summed E-state index contributed by atoms with van der Waals surface area (Å²) in [6.07, 6.45) is 2.62. The van der Waals surface area contributed by atoms with Crippen LogP contribution in [0.5, 0.6) is 0 Å². The minimum Gasteiger partial charge on any atom is -0.466 e. The van der Waals surface area contributed by atoms with E-state index >= 15 is 0 Å². The van der Waals surface area contributed by atoms with E-state index in [0.29, 0.717) is 50.8 Å². The average Bonchev–Trinajstić information content (AvgIpc) is 3.46. The first-order valence-corrected chi connectivity index (χ1v) is 14.4. The fraction of sp³-hybridized carbons (Fsp3) is 0.452. The van der Waals surface area contributed by atoms with Crippen LogP contribution in [0.15, 0.2) is 53.7 Å². The number of rotatable bonds is 7. The Balaban J connectivity index is 1.31. The highest BCUT2D eigenvalue weighted by Gasteiger charge is 2.45. The molecule has 2 fully saturated rings. The first-order valence-electron chi connectivity index (χ1n) is 14.4. The second-order valence-electron chi connectivity index (χ2n) is 11.4. The highest BCUT2D eigenvalue weighted by Crippen LogP contribution is 2.40. The summed E-state index contributed by atoms with van der Waals surface area (Å²) in [5.41, 5.74) is -1.08. The minimum atomic E-state index is -1.43. The number of hydrogen-bond acceptors (Lipinski definition) is 7. The molecule has 2 aromatic rings. The second kappa shape index (κ2) is 13.0. The van der Waals surface area contributed by atoms with Crippen molar-refractivity contribution >= 4 is 18.0 Å². The van der Waals surface area contributed by atoms with E-state index in [1.807, 2.05) is 0 Å². The molecule has 0 spiro atoms. The Labute approximate surface area is 252 Å². The van der Waals surface area contributed by atoms with Crippen molar-refractivity contribution in [2.24, 2.45) is 0 Å². The SMILES string of the molecule is COCC1=C(C(=O)OC)C(c2ccc(F)c(F)c2)N(C(=O)NC2CCN(C3CCC(O)(c4ccccc4F)CC3)C2)C(=O)N1. The Kier molecular flexibility index (Phi) is 9.28. The Morgan fingerprint density at radius 3 is 2.43 bits per heavy atom. The molecule has 2 atom stereocenters. The van der Waals surface area contributed by atoms with Crippen molar-refractivity contribution in [3.05, 3.63) is 82.3 Å². The summed E-state index contributed by atoms with van der Waals surface area (Å²) >= 11 is 0. The Hall–Kier alpha value is -3.94. The first-order chi connectivity index (χ1) is 21.1. The molecule has 4 amide bonds. The van der Waals surface area contributed by atoms with Crippen molar-refractivity contribution in [1.82, 2.24) is 20.4 Å². The molecular weight excluding hydrogens is 581 g/mol. The van der Waals surface area contributed by atoms with E-state index in [4.69, 9.17) is 9.47 Å². The topological polar surface area (TPSA) is 120 Å². The third kappa shape index (κ3) is 6.17. The van der Waals surface area contributed by atoms with Crippen LogP contribution >= 0.6 is 0 Å². The number of halogens is 3. The summed E-state index contributed by atoms with van der Waals surface area (Å²) in [7, 11) is 2.47. The second-order valence-corrected chi connectivity index (χ2v) is 11.4. The van der Waals surface area contributed by atoms with Gasteiger partial charge in [-0.05, 0) is 55.9 Å². The highest BCUT2D eigenvalue weighted by atomic mass is 19.2. The molecule has 1 saturated heterocycles. The number of nitrogens with one attached hydrogen (secondary N) is 2. The minimum absolute atomic E-state index is 0.0134. The number of urea groups is 2. The zero-order valence-corrected chi connectivity index (χ0v) is 24.4. The van der Waals surface area contributed by atoms with Crippen LogP contribution in [0.4, 0.5) is 22.8 Å². The van der Waals surface area contributed by atoms with E-state index in [-0.39, 0.29) is 35.5 Å². The molecule has 2 unspecified atom stereocenters. The van der Waals surface area contributed by atoms with Gasteiger partial charge >= 0.3 is 18.0 Å². The molecular formula is C31H35F3N4O6. The maximum Gasteiger partial charge on any atom is 0.338 e. The maximum atomic E-state index is 14.4. The maximum absolute atomic E-state index is 14.4. The molecule has 1 aliphatic carbocycles. The van der Waals surface area contributed by atoms with Gasteiger partial charge in [-0.1, -0.05) is 24.3 Å². The number of amides is 4. The molecule has 2 aromatic carbocycles. The number of methoxy groups -OCH3 is 2. The number of likely N-dealkylation sites (tertiary alicyclic amines) is 1. The van der Waals surface area contributed by atoms with Gasteiger partial charge < -0.3 is 25.2 Å². The number of carbonyl (C=O) groups excluding carboxylic acids is 3. The van der Waals surface area contributed by atoms with Crippen molar-refractivity contribution in [3.63, 3.8) is 0 Å². The number of hydrogen-bond donors (Lipinski definition) is 3. The van der Waals surface area contributed by atoms with Gasteiger partial charge in [-0.15, -0.1) is 0 Å². The van der Waals surface area contributed by atoms with E-state index in [1.54, 1.807) is 18.2 Å². The molecule has 3 N–H and O–H groups in total. The van der Waals surface area contributed by atoms with Crippen LogP contribution in [-0.4, -0.2) is 78.9 Å². The molecule has 10 nitrogen and oxygen atoms in total. The number of aliphatic hydroxyl groups is 1. The lowest BCUT2D eigenvalue weighted by Crippen LogP contribution is -2.57. The lowest BCUT2D eigenvalue weighted by atomic mass is 9.77. The fourth-order valence-electron chi connectivity index (χ4n) is 6.51. The van der Waals surface area contributed by atoms with Gasteiger partial charge in [-0.2, -0.15) is 0 Å². The predicted molar refractivity (Wildman–Crippen MR) is 151 cm³/mol. The van der Waals surface area contributed by atoms with Gasteiger partial charge in [-0.3, -0.25) is 4.90 Å². The van der Waals surface area contributed by atoms with Crippen molar-refractivity contribution in [1.29, 1.82) is 0 Å². The molecule has 13 heteroatoms. The van der Waals surface area contributed by atoms with E-state index in [9.17, 15) is 32.7 Å². The molecule has 1 saturated carbocycles. The van der Waals surface area contributed by atoms with Crippen molar-refractivity contribution in [2.45, 2.75) is 55.8 Å². The average molecular weight is 617 g/mol. The number of benzene rings is 2. The number of ether oxygens (including phenoxy) is 2. The van der Waals surface area contributed by atoms with Crippen LogP contribution in [0, 0.1) is 17.5 Å². The molecule has 0 radical (unpaired) electrons. The van der Waals surface area contributed by atoms with Crippen molar-refractivity contribution < 1.29 is 42.1 Å². The standard InChI is InChI=1S/C31H35F3N4O6/c1-43-17-25-26(28(39)44-2)27(18-7-8-23(33)24(34)15-18)38(30(41)36-25)29(40)35-19-11-14-37(16-19)20-9-12-31(42,13-10-20)21-5-3-4-6-22(21)32/h3-8,15,19-20,27,42H,9-14,16-17H2,1-2H3,(H,35,40)(H,36,41). The smallest absolute Gasteiger partial charge is 0.338 e. The summed E-state index contributed by atoms with van der Waals surface area (Å²) in [5, 5.41) is 16.5. The summed E-state index contributed by atoms with van der Waals surface area (Å²) in [5.74, 6) is -3.66. The number of esters is 1. The summed E-state index contributed by atoms with van der Waals surface area (Å²) in [6, 6.07) is 5.73. The predicted octanol–water partition coefficient (Wildman–Crippen LogP) is 3.86. The van der Waals surface area contributed by atoms with Crippen LogP contribution in [0.3, 0.4) is 0 Å². The lowest BCUT2D eigenvalue weighted by Gasteiger charge is -2.40. The molecule has 2 heterocycles. The number of imide groups is 1. The molecule has 0 aromatic heterocycles. The molecule has 44 heavy (non-hydrogen) atoms. The van der Waals surface area contributed by atoms with Gasteiger partial charge in [0.15, 0.2) is 11.6 Å². The summed E-state index contributed by atoms with van der Waals surface area (Å²) < 4.78 is 52.6. The third-order valence-electron chi connectivity index (χ3n) is 8.73. The van der Waals surface area contributed by atoms with Gasteiger partial charge in [0, 0.05) is 37.8 Å². The van der Waals surface area contributed by atoms with E-state index in [0.717, 1.165) is 24.1 Å². The van der Waals surface area contributed by atoms with Crippen molar-refractivity contribution in [2.75, 3.05) is 33.9 Å². The monoisotopic (exact) mass is 616 g/mol. The van der Waals surface area contributed by atoms with E-state index in [2.05, 4.69) is 15.5 Å². The number of carbonyl (C=O) groups is 3. The largest absolute Gasteiger partial charge is 0.466 e. The normalized spacial score (nSPS) is 26.0. The van der Waals surface area contributed by atoms with Crippen molar-refractivity contribution in [3.8, 4) is 0 Å². The highest BCUT2D eigenvalue weighted by molar-refractivity contribution is 6.01. The van der Waals surface area contributed by atoms with Crippen LogP contribution in [0.1, 0.15) is 49.3 Å². The zero-order valence-electron chi connectivity index (χ0n) is 24.4. The van der Waals surface area contributed by atoms with Gasteiger partial charge in [-0.25, -0.2) is 32.5 Å². The van der Waals surface area contributed by atoms with Crippen LogP contribution < -0.4 is 10.6 Å². The molecule has 0 bridgehead atoms. The number of nitrogens with zero attached hydrogens (tertiary/aromatic N) is 2. The summed E-state index contributed by atoms with van der Waals surface area (Å²) in [4.78, 5) is 42.8. The van der Waals surface area contributed by atoms with Crippen LogP contribution in [0.25, 0.3) is 0 Å². The Morgan fingerprint density at radius 2 is 1.77 bits per heavy atom. The Bertz CT molecular complexity index is 1460. The quantitative estimate of drug-likeness (QED) is 0.404. The van der Waals surface area contributed by atoms with Gasteiger partial charge in [0.05, 0.1) is 30.6 Å². The molecule has 2 aliphatic heterocycles. The summed E-state index contributed by atoms with van der Waals surface area (Å²) in [6.45, 7) is 0.906. The van der Waals surface area contributed by atoms with Crippen LogP contribution in [-0.2, 0) is 19.9 Å². The van der Waals surface area contributed by atoms with E-state index < -0.39 is 47.1 Å². The first kappa shape index (κ1) is 31.5. The third-order valence-corrected chi connectivity index (χ3v) is 8.73. The fourth-order valence-corrected chi connectivity index (χ4v) is 6.51. The van der Waals surface area contributed by atoms with E-state index in [1.165, 1.54) is 19.2 Å². The van der Waals surface area contributed by atoms with Gasteiger partial charge in [0.2, 0.25) is 0 Å². The molecule has 5 rings (SSSR count). The van der Waals surface area contributed by atoms with Gasteiger partial charge in [0.1, 0.15) is 11.9 Å². The van der Waals surface area contributed by atoms with Crippen LogP contribution in [0.2, 0.25) is 0 Å². The van der Waals surface area contributed by atoms with Gasteiger partial charge in [0.25, 0.3) is 0 Å². The zero-order chi connectivity index (χ0) is 31.6. The Morgan fingerprint density at radius 1 is 1.05 bits per heavy atom. The molecule has 3 aliphatic rings. The lowest BCUT2D eigenvalue weighted by molar-refractivity contribution is -0.137. The molecule has 236 valence electrons.